The van der Waals surface area contributed by atoms with E-state index in [1.54, 1.807) is 18.2 Å². The summed E-state index contributed by atoms with van der Waals surface area (Å²) < 4.78 is 5.78. The number of imidazole rings is 1. The van der Waals surface area contributed by atoms with Gasteiger partial charge in [0, 0.05) is 18.2 Å². The van der Waals surface area contributed by atoms with Gasteiger partial charge in [0.2, 0.25) is 0 Å². The molecule has 1 N–H and O–H groups in total. The number of rotatable bonds is 6. The van der Waals surface area contributed by atoms with Gasteiger partial charge in [-0.05, 0) is 53.4 Å². The number of carbonyl (C=O) groups excluding carboxylic acids is 2. The third-order valence-electron chi connectivity index (χ3n) is 4.78. The number of amides is 2. The Bertz CT molecular complexity index is 1410. The van der Waals surface area contributed by atoms with Crippen LogP contribution in [0.3, 0.4) is 0 Å². The maximum absolute atomic E-state index is 12.8. The van der Waals surface area contributed by atoms with E-state index in [4.69, 9.17) is 4.42 Å². The van der Waals surface area contributed by atoms with E-state index in [2.05, 4.69) is 9.97 Å². The molecule has 2 aromatic carbocycles. The van der Waals surface area contributed by atoms with Gasteiger partial charge in [-0.25, -0.2) is 4.98 Å². The van der Waals surface area contributed by atoms with Crippen molar-refractivity contribution in [2.75, 3.05) is 0 Å². The number of carbonyl (C=O) groups is 2. The lowest BCUT2D eigenvalue weighted by molar-refractivity contribution is -0.384. The van der Waals surface area contributed by atoms with Crippen LogP contribution in [0.4, 0.5) is 10.5 Å². The predicted octanol–water partition coefficient (Wildman–Crippen LogP) is 5.45. The second kappa shape index (κ2) is 8.60. The summed E-state index contributed by atoms with van der Waals surface area (Å²) in [5.41, 5.74) is 2.17. The Kier molecular flexibility index (Phi) is 5.48. The lowest BCUT2D eigenvalue weighted by Crippen LogP contribution is -2.27. The molecule has 0 saturated carbocycles. The zero-order valence-electron chi connectivity index (χ0n) is 16.8. The van der Waals surface area contributed by atoms with Crippen LogP contribution in [0.5, 0.6) is 0 Å². The number of thioether (sulfide) groups is 1. The molecule has 33 heavy (non-hydrogen) atoms. The van der Waals surface area contributed by atoms with Gasteiger partial charge in [0.05, 0.1) is 27.4 Å². The van der Waals surface area contributed by atoms with Crippen LogP contribution in [-0.4, -0.2) is 30.9 Å². The smallest absolute Gasteiger partial charge is 0.293 e. The first-order chi connectivity index (χ1) is 16.0. The van der Waals surface area contributed by atoms with Gasteiger partial charge in [-0.3, -0.25) is 24.6 Å². The van der Waals surface area contributed by atoms with Crippen LogP contribution in [0, 0.1) is 10.1 Å². The topological polar surface area (TPSA) is 122 Å². The van der Waals surface area contributed by atoms with Crippen molar-refractivity contribution in [3.8, 4) is 0 Å². The molecule has 3 heterocycles. The monoisotopic (exact) mass is 478 g/mol. The second-order valence-corrected chi connectivity index (χ2v) is 9.00. The van der Waals surface area contributed by atoms with Crippen molar-refractivity contribution in [1.82, 2.24) is 14.9 Å². The Labute approximate surface area is 195 Å². The van der Waals surface area contributed by atoms with Gasteiger partial charge in [-0.1, -0.05) is 24.3 Å². The number of nitrogens with one attached hydrogen (secondary N) is 1. The van der Waals surface area contributed by atoms with Crippen molar-refractivity contribution in [3.05, 3.63) is 87.0 Å². The lowest BCUT2D eigenvalue weighted by atomic mass is 10.2. The van der Waals surface area contributed by atoms with Crippen LogP contribution in [0.15, 0.2) is 80.2 Å². The molecule has 1 aliphatic heterocycles. The quantitative estimate of drug-likeness (QED) is 0.220. The van der Waals surface area contributed by atoms with E-state index in [9.17, 15) is 19.7 Å². The maximum atomic E-state index is 12.8. The molecule has 1 fully saturated rings. The number of nitro benzene ring substituents is 1. The van der Waals surface area contributed by atoms with Crippen molar-refractivity contribution >= 4 is 57.5 Å². The summed E-state index contributed by atoms with van der Waals surface area (Å²) in [7, 11) is 0. The highest BCUT2D eigenvalue weighted by Crippen LogP contribution is 2.35. The van der Waals surface area contributed by atoms with Crippen molar-refractivity contribution in [3.63, 3.8) is 0 Å². The SMILES string of the molecule is O=C1S/C(=C/c2ccc(Sc3nc4ccccc4[nH]3)o2)C(=O)N1Cc1cccc([N+](=O)[O-])c1. The number of fused-ring (bicyclic) bond motifs is 1. The van der Waals surface area contributed by atoms with Crippen LogP contribution in [0.1, 0.15) is 11.3 Å². The molecule has 164 valence electrons. The molecule has 4 aromatic rings. The van der Waals surface area contributed by atoms with E-state index in [0.29, 0.717) is 21.6 Å². The van der Waals surface area contributed by atoms with Crippen LogP contribution >= 0.6 is 23.5 Å². The standard InChI is InChI=1S/C22H14N4O5S2/c27-20-18(32-22(28)25(20)12-13-4-3-5-14(10-13)26(29)30)11-15-8-9-19(31-15)33-21-23-16-6-1-2-7-17(16)24-21/h1-11H,12H2,(H,23,24)/b18-11+. The van der Waals surface area contributed by atoms with Crippen molar-refractivity contribution in [1.29, 1.82) is 0 Å². The van der Waals surface area contributed by atoms with Gasteiger partial charge in [-0.15, -0.1) is 0 Å². The van der Waals surface area contributed by atoms with Gasteiger partial charge < -0.3 is 9.40 Å². The Hall–Kier alpha value is -3.83. The Morgan fingerprint density at radius 1 is 1.15 bits per heavy atom. The summed E-state index contributed by atoms with van der Waals surface area (Å²) in [5.74, 6) is -0.0474. The number of H-pyrrole nitrogens is 1. The van der Waals surface area contributed by atoms with E-state index >= 15 is 0 Å². The van der Waals surface area contributed by atoms with Crippen LogP contribution < -0.4 is 0 Å². The molecule has 1 saturated heterocycles. The highest BCUT2D eigenvalue weighted by Gasteiger charge is 2.35. The zero-order chi connectivity index (χ0) is 22.9. The first kappa shape index (κ1) is 21.0. The van der Waals surface area contributed by atoms with E-state index in [-0.39, 0.29) is 17.1 Å². The number of para-hydroxylation sites is 2. The fourth-order valence-electron chi connectivity index (χ4n) is 3.26. The molecule has 9 nitrogen and oxygen atoms in total. The molecule has 0 bridgehead atoms. The van der Waals surface area contributed by atoms with E-state index in [0.717, 1.165) is 27.7 Å². The van der Waals surface area contributed by atoms with E-state index in [1.807, 2.05) is 24.3 Å². The summed E-state index contributed by atoms with van der Waals surface area (Å²) in [6, 6.07) is 17.0. The van der Waals surface area contributed by atoms with Crippen LogP contribution in [-0.2, 0) is 11.3 Å². The summed E-state index contributed by atoms with van der Waals surface area (Å²) in [6.07, 6.45) is 1.51. The van der Waals surface area contributed by atoms with Gasteiger partial charge in [0.15, 0.2) is 10.2 Å². The molecule has 0 radical (unpaired) electrons. The third kappa shape index (κ3) is 4.41. The van der Waals surface area contributed by atoms with Gasteiger partial charge in [0.1, 0.15) is 5.76 Å². The summed E-state index contributed by atoms with van der Waals surface area (Å²) >= 11 is 2.11. The molecule has 0 atom stereocenters. The number of aromatic amines is 1. The first-order valence-corrected chi connectivity index (χ1v) is 11.3. The van der Waals surface area contributed by atoms with E-state index < -0.39 is 16.1 Å². The van der Waals surface area contributed by atoms with E-state index in [1.165, 1.54) is 36.0 Å². The second-order valence-electron chi connectivity index (χ2n) is 7.01. The highest BCUT2D eigenvalue weighted by molar-refractivity contribution is 8.18. The number of non-ortho nitro benzene ring substituents is 1. The molecular weight excluding hydrogens is 464 g/mol. The minimum atomic E-state index is -0.519. The Morgan fingerprint density at radius 2 is 2.00 bits per heavy atom. The van der Waals surface area contributed by atoms with Crippen molar-refractivity contribution in [2.24, 2.45) is 0 Å². The minimum absolute atomic E-state index is 0.0466. The number of benzene rings is 2. The average molecular weight is 479 g/mol. The molecule has 0 spiro atoms. The molecule has 2 amide bonds. The Balaban J connectivity index is 1.30. The summed E-state index contributed by atoms with van der Waals surface area (Å²) in [6.45, 7) is -0.0466. The number of nitro groups is 1. The molecule has 2 aromatic heterocycles. The molecular formula is C22H14N4O5S2. The predicted molar refractivity (Wildman–Crippen MR) is 124 cm³/mol. The number of nitrogens with zero attached hydrogens (tertiary/aromatic N) is 3. The fraction of sp³-hybridized carbons (Fsp3) is 0.0455. The normalized spacial score (nSPS) is 15.2. The lowest BCUT2D eigenvalue weighted by Gasteiger charge is -2.12. The number of imide groups is 1. The largest absolute Gasteiger partial charge is 0.450 e. The number of aromatic nitrogens is 2. The van der Waals surface area contributed by atoms with Gasteiger partial charge in [-0.2, -0.15) is 0 Å². The van der Waals surface area contributed by atoms with Gasteiger partial charge >= 0.3 is 0 Å². The minimum Gasteiger partial charge on any atom is -0.450 e. The van der Waals surface area contributed by atoms with Crippen LogP contribution in [0.25, 0.3) is 17.1 Å². The highest BCUT2D eigenvalue weighted by atomic mass is 32.2. The summed E-state index contributed by atoms with van der Waals surface area (Å²) in [4.78, 5) is 44.6. The Morgan fingerprint density at radius 3 is 2.82 bits per heavy atom. The molecule has 11 heteroatoms. The molecule has 0 unspecified atom stereocenters. The molecule has 5 rings (SSSR count). The van der Waals surface area contributed by atoms with Crippen LogP contribution in [0.2, 0.25) is 0 Å². The third-order valence-corrected chi connectivity index (χ3v) is 6.49. The number of furan rings is 1. The summed E-state index contributed by atoms with van der Waals surface area (Å²) in [5, 5.41) is 11.8. The number of hydrogen-bond donors (Lipinski definition) is 1. The first-order valence-electron chi connectivity index (χ1n) is 9.67. The number of hydrogen-bond acceptors (Lipinski definition) is 8. The molecule has 0 aliphatic carbocycles. The molecule has 1 aliphatic rings. The average Bonchev–Trinajstić information content (AvgIpc) is 3.48. The van der Waals surface area contributed by atoms with Crippen molar-refractivity contribution < 1.29 is 18.9 Å². The zero-order valence-corrected chi connectivity index (χ0v) is 18.4. The van der Waals surface area contributed by atoms with Crippen molar-refractivity contribution in [2.45, 2.75) is 16.8 Å². The van der Waals surface area contributed by atoms with Gasteiger partial charge in [0.25, 0.3) is 16.8 Å². The maximum Gasteiger partial charge on any atom is 0.293 e. The fourth-order valence-corrected chi connectivity index (χ4v) is 4.84.